The highest BCUT2D eigenvalue weighted by atomic mass is 16.5. The van der Waals surface area contributed by atoms with Gasteiger partial charge in [-0.2, -0.15) is 4.98 Å². The molecule has 0 aliphatic rings. The van der Waals surface area contributed by atoms with Crippen molar-refractivity contribution in [3.63, 3.8) is 0 Å². The Morgan fingerprint density at radius 1 is 1.50 bits per heavy atom. The Kier molecular flexibility index (Phi) is 3.83. The van der Waals surface area contributed by atoms with Crippen molar-refractivity contribution >= 4 is 0 Å². The van der Waals surface area contributed by atoms with Crippen molar-refractivity contribution < 1.29 is 4.74 Å². The molecule has 0 aliphatic carbocycles. The van der Waals surface area contributed by atoms with Gasteiger partial charge >= 0.3 is 0 Å². The van der Waals surface area contributed by atoms with Gasteiger partial charge in [-0.1, -0.05) is 0 Å². The second-order valence-corrected chi connectivity index (χ2v) is 3.34. The summed E-state index contributed by atoms with van der Waals surface area (Å²) < 4.78 is 5.08. The average Bonchev–Trinajstić information content (AvgIpc) is 2.16. The molecule has 1 unspecified atom stereocenters. The van der Waals surface area contributed by atoms with E-state index in [9.17, 15) is 0 Å². The Morgan fingerprint density at radius 2 is 2.21 bits per heavy atom. The Balaban J connectivity index is 2.81. The lowest BCUT2D eigenvalue weighted by Gasteiger charge is -2.10. The van der Waals surface area contributed by atoms with E-state index in [2.05, 4.69) is 22.2 Å². The molecule has 0 radical (unpaired) electrons. The van der Waals surface area contributed by atoms with Gasteiger partial charge < -0.3 is 10.1 Å². The lowest BCUT2D eigenvalue weighted by Crippen LogP contribution is -2.24. The van der Waals surface area contributed by atoms with E-state index in [4.69, 9.17) is 4.74 Å². The molecule has 0 amide bonds. The zero-order valence-corrected chi connectivity index (χ0v) is 9.16. The van der Waals surface area contributed by atoms with E-state index < -0.39 is 0 Å². The number of aromatic nitrogens is 2. The fraction of sp³-hybridized carbons (Fsp3) is 0.600. The summed E-state index contributed by atoms with van der Waals surface area (Å²) >= 11 is 0. The Bertz CT molecular complexity index is 301. The van der Waals surface area contributed by atoms with Crippen molar-refractivity contribution in [2.75, 3.05) is 14.2 Å². The highest BCUT2D eigenvalue weighted by Gasteiger charge is 2.05. The zero-order chi connectivity index (χ0) is 10.6. The van der Waals surface area contributed by atoms with Gasteiger partial charge in [0.05, 0.1) is 7.11 Å². The van der Waals surface area contributed by atoms with Gasteiger partial charge in [-0.05, 0) is 20.9 Å². The summed E-state index contributed by atoms with van der Waals surface area (Å²) in [5.41, 5.74) is 1.01. The molecular weight excluding hydrogens is 178 g/mol. The number of rotatable bonds is 4. The lowest BCUT2D eigenvalue weighted by atomic mass is 10.2. The number of ether oxygens (including phenoxy) is 1. The molecule has 1 atom stereocenters. The van der Waals surface area contributed by atoms with Crippen molar-refractivity contribution in [3.8, 4) is 5.88 Å². The third-order valence-corrected chi connectivity index (χ3v) is 2.08. The van der Waals surface area contributed by atoms with Crippen LogP contribution in [-0.4, -0.2) is 30.2 Å². The molecule has 0 spiro atoms. The van der Waals surface area contributed by atoms with E-state index >= 15 is 0 Å². The van der Waals surface area contributed by atoms with Gasteiger partial charge in [-0.15, -0.1) is 0 Å². The minimum absolute atomic E-state index is 0.411. The summed E-state index contributed by atoms with van der Waals surface area (Å²) in [6.07, 6.45) is 0.885. The molecule has 1 rings (SSSR count). The van der Waals surface area contributed by atoms with Crippen LogP contribution in [0.15, 0.2) is 6.07 Å². The third kappa shape index (κ3) is 2.96. The number of hydrogen-bond donors (Lipinski definition) is 1. The number of nitrogens with zero attached hydrogens (tertiary/aromatic N) is 2. The van der Waals surface area contributed by atoms with E-state index in [0.717, 1.165) is 17.9 Å². The molecule has 0 aromatic carbocycles. The van der Waals surface area contributed by atoms with Crippen LogP contribution in [0.3, 0.4) is 0 Å². The maximum Gasteiger partial charge on any atom is 0.216 e. The predicted octanol–water partition coefficient (Wildman–Crippen LogP) is 0.944. The van der Waals surface area contributed by atoms with Crippen LogP contribution in [0.1, 0.15) is 18.4 Å². The smallest absolute Gasteiger partial charge is 0.216 e. The fourth-order valence-corrected chi connectivity index (χ4v) is 1.22. The summed E-state index contributed by atoms with van der Waals surface area (Å²) in [6, 6.07) is 2.29. The monoisotopic (exact) mass is 195 g/mol. The average molecular weight is 195 g/mol. The molecular formula is C10H17N3O. The first-order valence-electron chi connectivity index (χ1n) is 4.71. The van der Waals surface area contributed by atoms with Crippen molar-refractivity contribution in [2.24, 2.45) is 0 Å². The van der Waals surface area contributed by atoms with Crippen molar-refractivity contribution in [2.45, 2.75) is 26.3 Å². The molecule has 1 N–H and O–H groups in total. The molecule has 1 aromatic rings. The maximum atomic E-state index is 5.08. The molecule has 4 nitrogen and oxygen atoms in total. The summed E-state index contributed by atoms with van der Waals surface area (Å²) in [5, 5.41) is 3.17. The normalized spacial score (nSPS) is 12.6. The molecule has 0 fully saturated rings. The van der Waals surface area contributed by atoms with Gasteiger partial charge in [0.15, 0.2) is 0 Å². The zero-order valence-electron chi connectivity index (χ0n) is 9.16. The Hall–Kier alpha value is -1.16. The first-order valence-corrected chi connectivity index (χ1v) is 4.71. The van der Waals surface area contributed by atoms with Crippen LogP contribution in [0.2, 0.25) is 0 Å². The predicted molar refractivity (Wildman–Crippen MR) is 55.5 cm³/mol. The molecule has 0 bridgehead atoms. The van der Waals surface area contributed by atoms with Crippen LogP contribution in [0.4, 0.5) is 0 Å². The summed E-state index contributed by atoms with van der Waals surface area (Å²) in [4.78, 5) is 8.47. The quantitative estimate of drug-likeness (QED) is 0.777. The van der Waals surface area contributed by atoms with Crippen LogP contribution < -0.4 is 10.1 Å². The highest BCUT2D eigenvalue weighted by Crippen LogP contribution is 2.09. The minimum Gasteiger partial charge on any atom is -0.481 e. The standard InChI is InChI=1S/C10H17N3O/c1-7(11-3)5-9-6-10(14-4)13-8(2)12-9/h6-7,11H,5H2,1-4H3. The number of aryl methyl sites for hydroxylation is 1. The van der Waals surface area contributed by atoms with Crippen molar-refractivity contribution in [3.05, 3.63) is 17.6 Å². The highest BCUT2D eigenvalue weighted by molar-refractivity contribution is 5.16. The molecule has 0 saturated heterocycles. The number of methoxy groups -OCH3 is 1. The van der Waals surface area contributed by atoms with Crippen LogP contribution in [0, 0.1) is 6.92 Å². The molecule has 0 aliphatic heterocycles. The van der Waals surface area contributed by atoms with Gasteiger partial charge in [0.2, 0.25) is 5.88 Å². The van der Waals surface area contributed by atoms with Crippen molar-refractivity contribution in [1.29, 1.82) is 0 Å². The first-order chi connectivity index (χ1) is 6.65. The summed E-state index contributed by atoms with van der Waals surface area (Å²) in [6.45, 7) is 3.99. The number of nitrogens with one attached hydrogen (secondary N) is 1. The Labute approximate surface area is 84.7 Å². The van der Waals surface area contributed by atoms with Gasteiger partial charge in [0.1, 0.15) is 5.82 Å². The maximum absolute atomic E-state index is 5.08. The number of hydrogen-bond acceptors (Lipinski definition) is 4. The van der Waals surface area contributed by atoms with E-state index in [1.54, 1.807) is 7.11 Å². The first kappa shape index (κ1) is 10.9. The van der Waals surface area contributed by atoms with E-state index in [-0.39, 0.29) is 0 Å². The van der Waals surface area contributed by atoms with Crippen LogP contribution in [0.25, 0.3) is 0 Å². The SMILES string of the molecule is CNC(C)Cc1cc(OC)nc(C)n1. The second kappa shape index (κ2) is 4.91. The molecule has 4 heteroatoms. The van der Waals surface area contributed by atoms with Gasteiger partial charge in [0.25, 0.3) is 0 Å². The molecule has 14 heavy (non-hydrogen) atoms. The molecule has 1 aromatic heterocycles. The summed E-state index contributed by atoms with van der Waals surface area (Å²) in [5.74, 6) is 1.39. The van der Waals surface area contributed by atoms with Crippen LogP contribution in [0.5, 0.6) is 5.88 Å². The molecule has 1 heterocycles. The van der Waals surface area contributed by atoms with Crippen LogP contribution >= 0.6 is 0 Å². The second-order valence-electron chi connectivity index (χ2n) is 3.34. The minimum atomic E-state index is 0.411. The van der Waals surface area contributed by atoms with Gasteiger partial charge in [-0.3, -0.25) is 0 Å². The van der Waals surface area contributed by atoms with E-state index in [0.29, 0.717) is 11.9 Å². The van der Waals surface area contributed by atoms with Gasteiger partial charge in [0, 0.05) is 24.2 Å². The fourth-order valence-electron chi connectivity index (χ4n) is 1.22. The molecule has 78 valence electrons. The lowest BCUT2D eigenvalue weighted by molar-refractivity contribution is 0.394. The van der Waals surface area contributed by atoms with E-state index in [1.165, 1.54) is 0 Å². The third-order valence-electron chi connectivity index (χ3n) is 2.08. The number of likely N-dealkylation sites (N-methyl/N-ethyl adjacent to an activating group) is 1. The topological polar surface area (TPSA) is 47.0 Å². The van der Waals surface area contributed by atoms with Crippen LogP contribution in [-0.2, 0) is 6.42 Å². The van der Waals surface area contributed by atoms with Crippen molar-refractivity contribution in [1.82, 2.24) is 15.3 Å². The van der Waals surface area contributed by atoms with E-state index in [1.807, 2.05) is 20.0 Å². The Morgan fingerprint density at radius 3 is 2.79 bits per heavy atom. The molecule has 0 saturated carbocycles. The summed E-state index contributed by atoms with van der Waals surface area (Å²) in [7, 11) is 3.56. The van der Waals surface area contributed by atoms with Gasteiger partial charge in [-0.25, -0.2) is 4.98 Å². The largest absolute Gasteiger partial charge is 0.481 e.